The Balaban J connectivity index is 2.13. The van der Waals surface area contributed by atoms with Gasteiger partial charge in [0.15, 0.2) is 23.2 Å². The monoisotopic (exact) mass is 575 g/mol. The van der Waals surface area contributed by atoms with Gasteiger partial charge in [0, 0.05) is 6.07 Å². The zero-order valence-corrected chi connectivity index (χ0v) is 21.1. The Bertz CT molecular complexity index is 1270. The second kappa shape index (κ2) is 13.6. The van der Waals surface area contributed by atoms with E-state index in [4.69, 9.17) is 16.7 Å². The lowest BCUT2D eigenvalue weighted by Gasteiger charge is -2.24. The number of anilines is 1. The van der Waals surface area contributed by atoms with Crippen molar-refractivity contribution in [2.24, 2.45) is 5.92 Å². The molecule has 4 N–H and O–H groups in total. The van der Waals surface area contributed by atoms with E-state index < -0.39 is 89.5 Å². The Morgan fingerprint density at radius 3 is 2.08 bits per heavy atom. The fraction of sp³-hybridized carbons (Fsp3) is 0.292. The van der Waals surface area contributed by atoms with Crippen LogP contribution < -0.4 is 20.7 Å². The predicted molar refractivity (Wildman–Crippen MR) is 128 cm³/mol. The smallest absolute Gasteiger partial charge is 0.313 e. The summed E-state index contributed by atoms with van der Waals surface area (Å²) in [5.74, 6) is -16.1. The summed E-state index contributed by atoms with van der Waals surface area (Å²) in [5.41, 5.74) is 0.114. The molecule has 0 aliphatic heterocycles. The topological polar surface area (TPSA) is 151 Å². The molecule has 0 unspecified atom stereocenters. The number of rotatable bonds is 11. The number of amides is 3. The van der Waals surface area contributed by atoms with Gasteiger partial charge in [-0.05, 0) is 18.1 Å². The fourth-order valence-corrected chi connectivity index (χ4v) is 3.27. The molecule has 3 amide bonds. The summed E-state index contributed by atoms with van der Waals surface area (Å²) in [6, 6.07) is 2.61. The number of para-hydroxylation sites is 1. The molecule has 2 aromatic rings. The Hall–Kier alpha value is -4.20. The van der Waals surface area contributed by atoms with Crippen molar-refractivity contribution < 1.29 is 51.4 Å². The summed E-state index contributed by atoms with van der Waals surface area (Å²) < 4.78 is 58.9. The average molecular weight is 576 g/mol. The molecule has 0 bridgehead atoms. The van der Waals surface area contributed by atoms with Crippen LogP contribution in [0.1, 0.15) is 20.3 Å². The maximum absolute atomic E-state index is 13.8. The number of Topliss-reactive ketones (excluding diaryl/α,β-unsaturated/α-hetero) is 1. The van der Waals surface area contributed by atoms with Crippen molar-refractivity contribution in [1.82, 2.24) is 10.6 Å². The number of hydrogen-bond acceptors (Lipinski definition) is 6. The first-order valence-corrected chi connectivity index (χ1v) is 11.5. The van der Waals surface area contributed by atoms with Crippen LogP contribution in [0.4, 0.5) is 23.2 Å². The van der Waals surface area contributed by atoms with Crippen LogP contribution in [0.5, 0.6) is 5.75 Å². The summed E-state index contributed by atoms with van der Waals surface area (Å²) in [5, 5.41) is 15.7. The van der Waals surface area contributed by atoms with Gasteiger partial charge in [-0.3, -0.25) is 24.0 Å². The van der Waals surface area contributed by atoms with Gasteiger partial charge in [-0.25, -0.2) is 8.78 Å². The maximum atomic E-state index is 13.8. The van der Waals surface area contributed by atoms with Crippen molar-refractivity contribution in [3.05, 3.63) is 58.6 Å². The molecule has 0 aliphatic rings. The van der Waals surface area contributed by atoms with Crippen LogP contribution in [0.2, 0.25) is 5.02 Å². The Kier molecular flexibility index (Phi) is 10.8. The van der Waals surface area contributed by atoms with E-state index in [9.17, 15) is 41.5 Å². The zero-order valence-electron chi connectivity index (χ0n) is 20.3. The molecule has 39 heavy (non-hydrogen) atoms. The number of aliphatic carboxylic acids is 1. The quantitative estimate of drug-likeness (QED) is 0.183. The van der Waals surface area contributed by atoms with Crippen molar-refractivity contribution in [2.75, 3.05) is 11.9 Å². The molecule has 15 heteroatoms. The predicted octanol–water partition coefficient (Wildman–Crippen LogP) is 2.58. The van der Waals surface area contributed by atoms with E-state index in [0.29, 0.717) is 0 Å². The standard InChI is InChI=1S/C24H22ClF4N3O7/c1-10(2)20(32-24(38)23(37)30-14-6-4-3-5-11(14)25)22(36)31-15(8-17(34)35)16(33)9-39-21-18(28)12(26)7-13(27)19(21)29/h3-7,10,15,20H,8-9H2,1-2H3,(H,30,37)(H,31,36)(H,32,38)(H,34,35)/t15-,20-/m0/s1. The summed E-state index contributed by atoms with van der Waals surface area (Å²) in [4.78, 5) is 61.3. The lowest BCUT2D eigenvalue weighted by Crippen LogP contribution is -2.56. The van der Waals surface area contributed by atoms with E-state index in [-0.39, 0.29) is 16.8 Å². The Morgan fingerprint density at radius 1 is 0.949 bits per heavy atom. The molecule has 10 nitrogen and oxygen atoms in total. The molecule has 0 aliphatic carbocycles. The molecule has 2 aromatic carbocycles. The molecule has 0 aromatic heterocycles. The van der Waals surface area contributed by atoms with Crippen LogP contribution in [0.3, 0.4) is 0 Å². The van der Waals surface area contributed by atoms with E-state index >= 15 is 0 Å². The molecule has 210 valence electrons. The number of nitrogens with one attached hydrogen (secondary N) is 3. The number of hydrogen-bond donors (Lipinski definition) is 4. The Morgan fingerprint density at radius 2 is 1.54 bits per heavy atom. The summed E-state index contributed by atoms with van der Waals surface area (Å²) in [6.07, 6.45) is -1.03. The molecular formula is C24H22ClF4N3O7. The van der Waals surface area contributed by atoms with Crippen LogP contribution in [-0.2, 0) is 24.0 Å². The third-order valence-corrected chi connectivity index (χ3v) is 5.41. The number of ether oxygens (including phenoxy) is 1. The van der Waals surface area contributed by atoms with Crippen molar-refractivity contribution in [3.8, 4) is 5.75 Å². The van der Waals surface area contributed by atoms with E-state index in [1.54, 1.807) is 12.1 Å². The zero-order chi connectivity index (χ0) is 29.4. The van der Waals surface area contributed by atoms with Crippen molar-refractivity contribution in [3.63, 3.8) is 0 Å². The summed E-state index contributed by atoms with van der Waals surface area (Å²) in [7, 11) is 0. The van der Waals surface area contributed by atoms with Gasteiger partial charge in [0.1, 0.15) is 18.7 Å². The number of halogens is 5. The molecule has 2 rings (SSSR count). The van der Waals surface area contributed by atoms with Crippen molar-refractivity contribution >= 4 is 46.8 Å². The molecule has 0 fully saturated rings. The van der Waals surface area contributed by atoms with E-state index in [2.05, 4.69) is 20.7 Å². The summed E-state index contributed by atoms with van der Waals surface area (Å²) in [6.45, 7) is 1.66. The molecular weight excluding hydrogens is 554 g/mol. The van der Waals surface area contributed by atoms with Gasteiger partial charge in [0.2, 0.25) is 17.5 Å². The van der Waals surface area contributed by atoms with Crippen molar-refractivity contribution in [1.29, 1.82) is 0 Å². The lowest BCUT2D eigenvalue weighted by molar-refractivity contribution is -0.141. The lowest BCUT2D eigenvalue weighted by atomic mass is 10.0. The summed E-state index contributed by atoms with van der Waals surface area (Å²) >= 11 is 5.93. The van der Waals surface area contributed by atoms with Gasteiger partial charge < -0.3 is 25.8 Å². The number of carbonyl (C=O) groups is 5. The third kappa shape index (κ3) is 8.40. The first-order valence-electron chi connectivity index (χ1n) is 11.1. The van der Waals surface area contributed by atoms with Gasteiger partial charge in [-0.2, -0.15) is 8.78 Å². The van der Waals surface area contributed by atoms with Gasteiger partial charge >= 0.3 is 17.8 Å². The first kappa shape index (κ1) is 31.0. The number of carboxylic acid groups (broad SMARTS) is 1. The van der Waals surface area contributed by atoms with Crippen LogP contribution in [0.15, 0.2) is 30.3 Å². The normalized spacial score (nSPS) is 12.3. The van der Waals surface area contributed by atoms with Crippen LogP contribution in [0, 0.1) is 29.2 Å². The van der Waals surface area contributed by atoms with E-state index in [1.165, 1.54) is 26.0 Å². The molecule has 0 saturated heterocycles. The first-order chi connectivity index (χ1) is 18.2. The second-order valence-corrected chi connectivity index (χ2v) is 8.75. The van der Waals surface area contributed by atoms with Crippen molar-refractivity contribution in [2.45, 2.75) is 32.4 Å². The number of carboxylic acids is 1. The highest BCUT2D eigenvalue weighted by Crippen LogP contribution is 2.26. The minimum Gasteiger partial charge on any atom is -0.481 e. The molecule has 0 radical (unpaired) electrons. The van der Waals surface area contributed by atoms with Gasteiger partial charge in [-0.1, -0.05) is 37.6 Å². The SMILES string of the molecule is CC(C)[C@H](NC(=O)C(=O)Nc1ccccc1Cl)C(=O)N[C@@H](CC(=O)O)C(=O)COc1c(F)c(F)cc(F)c1F. The largest absolute Gasteiger partial charge is 0.481 e. The van der Waals surface area contributed by atoms with E-state index in [0.717, 1.165) is 0 Å². The maximum Gasteiger partial charge on any atom is 0.313 e. The minimum atomic E-state index is -1.93. The fourth-order valence-electron chi connectivity index (χ4n) is 3.09. The molecule has 0 heterocycles. The molecule has 0 saturated carbocycles. The van der Waals surface area contributed by atoms with Gasteiger partial charge in [-0.15, -0.1) is 0 Å². The second-order valence-electron chi connectivity index (χ2n) is 8.34. The van der Waals surface area contributed by atoms with Gasteiger partial charge in [0.25, 0.3) is 0 Å². The van der Waals surface area contributed by atoms with Crippen LogP contribution >= 0.6 is 11.6 Å². The number of ketones is 1. The van der Waals surface area contributed by atoms with Crippen LogP contribution in [-0.4, -0.2) is 53.3 Å². The van der Waals surface area contributed by atoms with E-state index in [1.807, 2.05) is 0 Å². The highest BCUT2D eigenvalue weighted by Gasteiger charge is 2.32. The average Bonchev–Trinajstić information content (AvgIpc) is 2.86. The number of carbonyl (C=O) groups excluding carboxylic acids is 4. The minimum absolute atomic E-state index is 0.0815. The van der Waals surface area contributed by atoms with Gasteiger partial charge in [0.05, 0.1) is 17.1 Å². The highest BCUT2D eigenvalue weighted by molar-refractivity contribution is 6.41. The Labute approximate surface area is 223 Å². The van der Waals surface area contributed by atoms with Crippen LogP contribution in [0.25, 0.3) is 0 Å². The molecule has 2 atom stereocenters. The highest BCUT2D eigenvalue weighted by atomic mass is 35.5. The number of benzene rings is 2. The third-order valence-electron chi connectivity index (χ3n) is 5.08. The molecule has 0 spiro atoms.